The molecule has 130 valence electrons. The minimum Gasteiger partial charge on any atom is -0.451 e. The van der Waals surface area contributed by atoms with Gasteiger partial charge in [-0.15, -0.1) is 0 Å². The number of nitrogens with one attached hydrogen (secondary N) is 1. The Morgan fingerprint density at radius 2 is 1.92 bits per heavy atom. The second-order valence-electron chi connectivity index (χ2n) is 5.94. The summed E-state index contributed by atoms with van der Waals surface area (Å²) in [5.74, 6) is 0.551. The van der Waals surface area contributed by atoms with Crippen LogP contribution in [-0.2, 0) is 0 Å². The molecule has 0 spiro atoms. The van der Waals surface area contributed by atoms with Crippen LogP contribution in [0.5, 0.6) is 0 Å². The van der Waals surface area contributed by atoms with Crippen molar-refractivity contribution in [1.82, 2.24) is 9.36 Å². The summed E-state index contributed by atoms with van der Waals surface area (Å²) in [5.41, 5.74) is 3.53. The number of hydrogen-bond donors (Lipinski definition) is 1. The summed E-state index contributed by atoms with van der Waals surface area (Å²) in [6, 6.07) is 13.5. The first-order valence-corrected chi connectivity index (χ1v) is 9.48. The standard InChI is InChI=1S/C19H14BrN3O2S/c1-10-3-8-15-14(9-10)11(2)16(25-15)18(24)22-19-21-17(23-26-19)12-4-6-13(20)7-5-12/h3-9H,1-2H3,(H,21,22,23,24). The molecule has 0 aliphatic heterocycles. The molecular weight excluding hydrogens is 414 g/mol. The van der Waals surface area contributed by atoms with E-state index in [1.165, 1.54) is 0 Å². The van der Waals surface area contributed by atoms with E-state index in [4.69, 9.17) is 4.42 Å². The first kappa shape index (κ1) is 16.9. The van der Waals surface area contributed by atoms with Crippen molar-refractivity contribution in [2.75, 3.05) is 5.32 Å². The zero-order chi connectivity index (χ0) is 18.3. The molecule has 0 saturated heterocycles. The molecule has 0 atom stereocenters. The average molecular weight is 428 g/mol. The Labute approximate surface area is 162 Å². The van der Waals surface area contributed by atoms with Crippen LogP contribution in [0.2, 0.25) is 0 Å². The summed E-state index contributed by atoms with van der Waals surface area (Å²) in [4.78, 5) is 17.0. The molecule has 26 heavy (non-hydrogen) atoms. The van der Waals surface area contributed by atoms with Crippen molar-refractivity contribution < 1.29 is 9.21 Å². The van der Waals surface area contributed by atoms with Gasteiger partial charge in [-0.05, 0) is 38.1 Å². The van der Waals surface area contributed by atoms with Crippen LogP contribution in [0, 0.1) is 13.8 Å². The second-order valence-corrected chi connectivity index (χ2v) is 7.61. The normalized spacial score (nSPS) is 11.0. The highest BCUT2D eigenvalue weighted by Crippen LogP contribution is 2.28. The Balaban J connectivity index is 1.59. The van der Waals surface area contributed by atoms with Gasteiger partial charge in [-0.25, -0.2) is 0 Å². The molecule has 4 rings (SSSR count). The molecule has 7 heteroatoms. The lowest BCUT2D eigenvalue weighted by atomic mass is 10.1. The van der Waals surface area contributed by atoms with Crippen molar-refractivity contribution in [3.63, 3.8) is 0 Å². The number of halogens is 1. The Bertz CT molecular complexity index is 1120. The molecule has 0 radical (unpaired) electrons. The van der Waals surface area contributed by atoms with Gasteiger partial charge >= 0.3 is 0 Å². The summed E-state index contributed by atoms with van der Waals surface area (Å²) in [6.45, 7) is 3.89. The number of benzene rings is 2. The molecule has 0 bridgehead atoms. The third kappa shape index (κ3) is 3.15. The predicted octanol–water partition coefficient (Wildman–Crippen LogP) is 5.58. The van der Waals surface area contributed by atoms with Gasteiger partial charge in [0, 0.05) is 32.5 Å². The Kier molecular flexibility index (Phi) is 4.34. The lowest BCUT2D eigenvalue weighted by Crippen LogP contribution is -2.11. The van der Waals surface area contributed by atoms with E-state index < -0.39 is 0 Å². The fourth-order valence-electron chi connectivity index (χ4n) is 2.70. The molecule has 0 unspecified atom stereocenters. The number of aryl methyl sites for hydroxylation is 2. The first-order valence-electron chi connectivity index (χ1n) is 7.92. The first-order chi connectivity index (χ1) is 12.5. The topological polar surface area (TPSA) is 68.0 Å². The second kappa shape index (κ2) is 6.66. The van der Waals surface area contributed by atoms with Gasteiger partial charge in [0.05, 0.1) is 0 Å². The zero-order valence-corrected chi connectivity index (χ0v) is 16.4. The monoisotopic (exact) mass is 427 g/mol. The fraction of sp³-hybridized carbons (Fsp3) is 0.105. The van der Waals surface area contributed by atoms with Crippen molar-refractivity contribution in [2.24, 2.45) is 0 Å². The number of fused-ring (bicyclic) bond motifs is 1. The number of carbonyl (C=O) groups excluding carboxylic acids is 1. The summed E-state index contributed by atoms with van der Waals surface area (Å²) in [5, 5.41) is 4.16. The summed E-state index contributed by atoms with van der Waals surface area (Å²) < 4.78 is 11.0. The highest BCUT2D eigenvalue weighted by atomic mass is 79.9. The van der Waals surface area contributed by atoms with Crippen LogP contribution in [0.3, 0.4) is 0 Å². The zero-order valence-electron chi connectivity index (χ0n) is 14.0. The minimum atomic E-state index is -0.324. The third-order valence-corrected chi connectivity index (χ3v) is 5.21. The summed E-state index contributed by atoms with van der Waals surface area (Å²) >= 11 is 4.54. The number of aromatic nitrogens is 2. The van der Waals surface area contributed by atoms with Gasteiger partial charge in [0.15, 0.2) is 11.6 Å². The largest absolute Gasteiger partial charge is 0.451 e. The van der Waals surface area contributed by atoms with E-state index in [2.05, 4.69) is 30.6 Å². The van der Waals surface area contributed by atoms with Crippen LogP contribution in [0.1, 0.15) is 21.7 Å². The lowest BCUT2D eigenvalue weighted by molar-refractivity contribution is 0.0998. The molecule has 0 aliphatic carbocycles. The van der Waals surface area contributed by atoms with Crippen LogP contribution in [-0.4, -0.2) is 15.3 Å². The van der Waals surface area contributed by atoms with E-state index in [1.54, 1.807) is 0 Å². The van der Waals surface area contributed by atoms with Gasteiger partial charge in [-0.2, -0.15) is 9.36 Å². The Morgan fingerprint density at radius 3 is 2.69 bits per heavy atom. The molecular formula is C19H14BrN3O2S. The number of hydrogen-bond acceptors (Lipinski definition) is 5. The molecule has 2 heterocycles. The Morgan fingerprint density at radius 1 is 1.15 bits per heavy atom. The van der Waals surface area contributed by atoms with E-state index in [0.29, 0.717) is 22.3 Å². The third-order valence-electron chi connectivity index (χ3n) is 4.05. The van der Waals surface area contributed by atoms with Crippen LogP contribution in [0.15, 0.2) is 51.4 Å². The summed E-state index contributed by atoms with van der Waals surface area (Å²) in [7, 11) is 0. The SMILES string of the molecule is Cc1ccc2oc(C(=O)Nc3nc(-c4ccc(Br)cc4)ns3)c(C)c2c1. The van der Waals surface area contributed by atoms with Gasteiger partial charge in [-0.3, -0.25) is 10.1 Å². The maximum atomic E-state index is 12.6. The number of furan rings is 1. The van der Waals surface area contributed by atoms with Crippen LogP contribution < -0.4 is 5.32 Å². The maximum absolute atomic E-state index is 12.6. The molecule has 1 N–H and O–H groups in total. The number of amides is 1. The molecule has 0 aliphatic rings. The van der Waals surface area contributed by atoms with Gasteiger partial charge in [0.2, 0.25) is 5.13 Å². The van der Waals surface area contributed by atoms with Crippen molar-refractivity contribution in [1.29, 1.82) is 0 Å². The fourth-order valence-corrected chi connectivity index (χ4v) is 3.54. The molecule has 0 saturated carbocycles. The van der Waals surface area contributed by atoms with Gasteiger partial charge in [0.25, 0.3) is 5.91 Å². The maximum Gasteiger partial charge on any atom is 0.293 e. The van der Waals surface area contributed by atoms with Crippen molar-refractivity contribution in [3.8, 4) is 11.4 Å². The minimum absolute atomic E-state index is 0.297. The molecule has 2 aromatic heterocycles. The molecule has 4 aromatic rings. The molecule has 0 fully saturated rings. The number of nitrogens with zero attached hydrogens (tertiary/aromatic N) is 2. The average Bonchev–Trinajstić information content (AvgIpc) is 3.21. The van der Waals surface area contributed by atoms with Crippen LogP contribution >= 0.6 is 27.5 Å². The van der Waals surface area contributed by atoms with Crippen molar-refractivity contribution in [2.45, 2.75) is 13.8 Å². The highest BCUT2D eigenvalue weighted by Gasteiger charge is 2.19. The van der Waals surface area contributed by atoms with E-state index in [9.17, 15) is 4.79 Å². The number of carbonyl (C=O) groups is 1. The quantitative estimate of drug-likeness (QED) is 0.463. The van der Waals surface area contributed by atoms with E-state index >= 15 is 0 Å². The van der Waals surface area contributed by atoms with Crippen LogP contribution in [0.25, 0.3) is 22.4 Å². The van der Waals surface area contributed by atoms with Gasteiger partial charge in [-0.1, -0.05) is 39.7 Å². The highest BCUT2D eigenvalue weighted by molar-refractivity contribution is 9.10. The number of rotatable bonds is 3. The molecule has 5 nitrogen and oxygen atoms in total. The van der Waals surface area contributed by atoms with Gasteiger partial charge in [0.1, 0.15) is 5.58 Å². The van der Waals surface area contributed by atoms with Gasteiger partial charge < -0.3 is 4.42 Å². The van der Waals surface area contributed by atoms with Crippen LogP contribution in [0.4, 0.5) is 5.13 Å². The Hall–Kier alpha value is -2.51. The molecule has 1 amide bonds. The lowest BCUT2D eigenvalue weighted by Gasteiger charge is -1.99. The molecule has 2 aromatic carbocycles. The van der Waals surface area contributed by atoms with Crippen molar-refractivity contribution in [3.05, 3.63) is 63.8 Å². The summed E-state index contributed by atoms with van der Waals surface area (Å²) in [6.07, 6.45) is 0. The van der Waals surface area contributed by atoms with Crippen molar-refractivity contribution >= 4 is 49.5 Å². The van der Waals surface area contributed by atoms with E-state index in [0.717, 1.165) is 38.1 Å². The number of anilines is 1. The smallest absolute Gasteiger partial charge is 0.293 e. The van der Waals surface area contributed by atoms with E-state index in [1.807, 2.05) is 56.3 Å². The van der Waals surface area contributed by atoms with E-state index in [-0.39, 0.29) is 5.91 Å². The predicted molar refractivity (Wildman–Crippen MR) is 107 cm³/mol.